The van der Waals surface area contributed by atoms with E-state index in [1.807, 2.05) is 6.07 Å². The molecule has 14 heavy (non-hydrogen) atoms. The molecule has 0 saturated carbocycles. The Hall–Kier alpha value is -1.59. The summed E-state index contributed by atoms with van der Waals surface area (Å²) < 4.78 is 0. The minimum atomic E-state index is -0.00847. The van der Waals surface area contributed by atoms with Crippen LogP contribution in [0.5, 0.6) is 0 Å². The lowest BCUT2D eigenvalue weighted by Crippen LogP contribution is -1.87. The van der Waals surface area contributed by atoms with Crippen LogP contribution in [-0.2, 0) is 0 Å². The lowest BCUT2D eigenvalue weighted by atomic mass is 10.3. The zero-order valence-corrected chi connectivity index (χ0v) is 8.73. The smallest absolute Gasteiger partial charge is 0.196 e. The van der Waals surface area contributed by atoms with Crippen LogP contribution in [0.3, 0.4) is 0 Å². The zero-order chi connectivity index (χ0) is 10.4. The van der Waals surface area contributed by atoms with Gasteiger partial charge in [0.05, 0.1) is 4.88 Å². The van der Waals surface area contributed by atoms with E-state index in [9.17, 15) is 4.79 Å². The van der Waals surface area contributed by atoms with Crippen LogP contribution in [-0.4, -0.2) is 5.78 Å². The van der Waals surface area contributed by atoms with Crippen molar-refractivity contribution < 1.29 is 4.79 Å². The second-order valence-corrected chi connectivity index (χ2v) is 3.61. The third-order valence-corrected chi connectivity index (χ3v) is 2.63. The fourth-order valence-corrected chi connectivity index (χ4v) is 1.66. The van der Waals surface area contributed by atoms with Gasteiger partial charge in [0.15, 0.2) is 5.78 Å². The molecule has 0 N–H and O–H groups in total. The van der Waals surface area contributed by atoms with Crippen LogP contribution in [0, 0.1) is 11.8 Å². The molecule has 0 amide bonds. The standard InChI is InChI=1S/C12H10OS/c1-3-5-6-7-11(13)12-9-8-10(4-2)14-12/h4,6-9H,2H2,1H3. The minimum Gasteiger partial charge on any atom is -0.288 e. The van der Waals surface area contributed by atoms with Crippen molar-refractivity contribution >= 4 is 23.2 Å². The number of ketones is 1. The number of carbonyl (C=O) groups is 1. The fourth-order valence-electron chi connectivity index (χ4n) is 0.878. The SMILES string of the molecule is C=Cc1ccc(C(=O)C=CC#CC)s1. The average molecular weight is 202 g/mol. The van der Waals surface area contributed by atoms with E-state index in [0.29, 0.717) is 4.88 Å². The summed E-state index contributed by atoms with van der Waals surface area (Å²) >= 11 is 1.43. The molecule has 0 fully saturated rings. The molecule has 0 radical (unpaired) electrons. The second-order valence-electron chi connectivity index (χ2n) is 2.50. The molecule has 1 aromatic heterocycles. The van der Waals surface area contributed by atoms with E-state index in [4.69, 9.17) is 0 Å². The Morgan fingerprint density at radius 3 is 2.93 bits per heavy atom. The number of hydrogen-bond donors (Lipinski definition) is 0. The highest BCUT2D eigenvalue weighted by molar-refractivity contribution is 7.15. The Bertz CT molecular complexity index is 427. The van der Waals surface area contributed by atoms with Crippen LogP contribution < -0.4 is 0 Å². The third-order valence-electron chi connectivity index (χ3n) is 1.53. The van der Waals surface area contributed by atoms with Crippen molar-refractivity contribution in [3.63, 3.8) is 0 Å². The van der Waals surface area contributed by atoms with Gasteiger partial charge in [0.1, 0.15) is 0 Å². The van der Waals surface area contributed by atoms with Crippen molar-refractivity contribution in [2.75, 3.05) is 0 Å². The second kappa shape index (κ2) is 5.21. The monoisotopic (exact) mass is 202 g/mol. The Labute approximate surface area is 87.8 Å². The summed E-state index contributed by atoms with van der Waals surface area (Å²) in [7, 11) is 0. The Balaban J connectivity index is 2.77. The van der Waals surface area contributed by atoms with E-state index >= 15 is 0 Å². The fraction of sp³-hybridized carbons (Fsp3) is 0.0833. The summed E-state index contributed by atoms with van der Waals surface area (Å²) in [6.45, 7) is 5.37. The summed E-state index contributed by atoms with van der Waals surface area (Å²) in [5.74, 6) is 5.38. The molecular weight excluding hydrogens is 192 g/mol. The van der Waals surface area contributed by atoms with E-state index in [1.165, 1.54) is 17.4 Å². The highest BCUT2D eigenvalue weighted by Gasteiger charge is 2.03. The molecule has 1 nitrogen and oxygen atoms in total. The van der Waals surface area contributed by atoms with Gasteiger partial charge in [-0.25, -0.2) is 0 Å². The first kappa shape index (κ1) is 10.5. The van der Waals surface area contributed by atoms with Crippen molar-refractivity contribution in [1.29, 1.82) is 0 Å². The van der Waals surface area contributed by atoms with Gasteiger partial charge in [-0.2, -0.15) is 0 Å². The maximum Gasteiger partial charge on any atom is 0.196 e. The van der Waals surface area contributed by atoms with Crippen LogP contribution in [0.25, 0.3) is 6.08 Å². The number of rotatable bonds is 3. The van der Waals surface area contributed by atoms with E-state index in [0.717, 1.165) is 4.88 Å². The van der Waals surface area contributed by atoms with Crippen molar-refractivity contribution in [2.24, 2.45) is 0 Å². The topological polar surface area (TPSA) is 17.1 Å². The largest absolute Gasteiger partial charge is 0.288 e. The molecule has 0 aromatic carbocycles. The molecule has 1 aromatic rings. The van der Waals surface area contributed by atoms with Gasteiger partial charge in [-0.15, -0.1) is 17.3 Å². The Morgan fingerprint density at radius 2 is 2.36 bits per heavy atom. The van der Waals surface area contributed by atoms with Crippen LogP contribution >= 0.6 is 11.3 Å². The molecule has 0 atom stereocenters. The van der Waals surface area contributed by atoms with Crippen molar-refractivity contribution in [1.82, 2.24) is 0 Å². The molecular formula is C12H10OS. The first-order valence-corrected chi connectivity index (χ1v) is 4.95. The quantitative estimate of drug-likeness (QED) is 0.418. The van der Waals surface area contributed by atoms with Gasteiger partial charge in [-0.05, 0) is 31.2 Å². The van der Waals surface area contributed by atoms with Gasteiger partial charge in [-0.3, -0.25) is 4.79 Å². The maximum atomic E-state index is 11.5. The molecule has 0 bridgehead atoms. The predicted octanol–water partition coefficient (Wildman–Crippen LogP) is 3.15. The summed E-state index contributed by atoms with van der Waals surface area (Å²) in [5, 5.41) is 0. The molecule has 1 heterocycles. The lowest BCUT2D eigenvalue weighted by molar-refractivity contribution is 0.105. The Kier molecular flexibility index (Phi) is 3.90. The first-order valence-electron chi connectivity index (χ1n) is 4.13. The van der Waals surface area contributed by atoms with E-state index in [-0.39, 0.29) is 5.78 Å². The highest BCUT2D eigenvalue weighted by atomic mass is 32.1. The maximum absolute atomic E-state index is 11.5. The van der Waals surface area contributed by atoms with E-state index in [2.05, 4.69) is 18.4 Å². The van der Waals surface area contributed by atoms with E-state index in [1.54, 1.807) is 25.1 Å². The molecule has 1 rings (SSSR count). The summed E-state index contributed by atoms with van der Waals surface area (Å²) in [6, 6.07) is 3.68. The third kappa shape index (κ3) is 2.72. The van der Waals surface area contributed by atoms with Crippen LogP contribution in [0.15, 0.2) is 30.9 Å². The molecule has 0 aliphatic rings. The predicted molar refractivity (Wildman–Crippen MR) is 61.3 cm³/mol. The van der Waals surface area contributed by atoms with Gasteiger partial charge in [-0.1, -0.05) is 18.6 Å². The van der Waals surface area contributed by atoms with Crippen LogP contribution in [0.1, 0.15) is 21.5 Å². The van der Waals surface area contributed by atoms with Gasteiger partial charge in [0.25, 0.3) is 0 Å². The molecule has 0 unspecified atom stereocenters. The van der Waals surface area contributed by atoms with Crippen LogP contribution in [0.2, 0.25) is 0 Å². The highest BCUT2D eigenvalue weighted by Crippen LogP contribution is 2.17. The average Bonchev–Trinajstić information content (AvgIpc) is 2.66. The molecule has 0 saturated heterocycles. The number of carbonyl (C=O) groups excluding carboxylic acids is 1. The molecule has 0 aliphatic heterocycles. The van der Waals surface area contributed by atoms with E-state index < -0.39 is 0 Å². The Morgan fingerprint density at radius 1 is 1.57 bits per heavy atom. The normalized spacial score (nSPS) is 9.50. The number of hydrogen-bond acceptors (Lipinski definition) is 2. The number of thiophene rings is 1. The molecule has 0 aliphatic carbocycles. The summed E-state index contributed by atoms with van der Waals surface area (Å²) in [6.07, 6.45) is 4.78. The van der Waals surface area contributed by atoms with Crippen molar-refractivity contribution in [3.05, 3.63) is 40.6 Å². The molecule has 2 heteroatoms. The summed E-state index contributed by atoms with van der Waals surface area (Å²) in [4.78, 5) is 13.2. The molecule has 0 spiro atoms. The van der Waals surface area contributed by atoms with Gasteiger partial charge in [0, 0.05) is 4.88 Å². The summed E-state index contributed by atoms with van der Waals surface area (Å²) in [5.41, 5.74) is 0. The zero-order valence-electron chi connectivity index (χ0n) is 7.91. The van der Waals surface area contributed by atoms with Gasteiger partial charge >= 0.3 is 0 Å². The first-order chi connectivity index (χ1) is 6.77. The van der Waals surface area contributed by atoms with Crippen molar-refractivity contribution in [3.8, 4) is 11.8 Å². The lowest BCUT2D eigenvalue weighted by Gasteiger charge is -1.85. The van der Waals surface area contributed by atoms with Crippen molar-refractivity contribution in [2.45, 2.75) is 6.92 Å². The molecule has 70 valence electrons. The van der Waals surface area contributed by atoms with Gasteiger partial charge in [0.2, 0.25) is 0 Å². The van der Waals surface area contributed by atoms with Crippen LogP contribution in [0.4, 0.5) is 0 Å². The number of allylic oxidation sites excluding steroid dienone is 2. The minimum absolute atomic E-state index is 0.00847. The van der Waals surface area contributed by atoms with Gasteiger partial charge < -0.3 is 0 Å².